The molecule has 0 amide bonds. The molecular formula is C12H10ClN3OS. The Kier molecular flexibility index (Phi) is 2.81. The average molecular weight is 280 g/mol. The van der Waals surface area contributed by atoms with Crippen molar-refractivity contribution < 1.29 is 4.42 Å². The molecule has 92 valence electrons. The third-order valence-electron chi connectivity index (χ3n) is 2.56. The molecule has 0 fully saturated rings. The molecule has 2 aromatic heterocycles. The number of hydrogen-bond donors (Lipinski definition) is 1. The largest absolute Gasteiger partial charge is 0.435 e. The summed E-state index contributed by atoms with van der Waals surface area (Å²) < 4.78 is 5.71. The quantitative estimate of drug-likeness (QED) is 0.781. The predicted molar refractivity (Wildman–Crippen MR) is 72.8 cm³/mol. The van der Waals surface area contributed by atoms with Crippen molar-refractivity contribution in [1.29, 1.82) is 0 Å². The van der Waals surface area contributed by atoms with Crippen LogP contribution in [-0.2, 0) is 6.54 Å². The molecule has 4 nitrogen and oxygen atoms in total. The van der Waals surface area contributed by atoms with Crippen LogP contribution in [-0.4, -0.2) is 9.97 Å². The second-order valence-electron chi connectivity index (χ2n) is 3.86. The van der Waals surface area contributed by atoms with Crippen LogP contribution in [0.5, 0.6) is 0 Å². The summed E-state index contributed by atoms with van der Waals surface area (Å²) in [5.41, 5.74) is 7.94. The Morgan fingerprint density at radius 3 is 2.94 bits per heavy atom. The van der Waals surface area contributed by atoms with E-state index in [-0.39, 0.29) is 0 Å². The van der Waals surface area contributed by atoms with E-state index in [0.29, 0.717) is 17.5 Å². The second-order valence-corrected chi connectivity index (χ2v) is 5.38. The summed E-state index contributed by atoms with van der Waals surface area (Å²) in [6.07, 6.45) is 0. The van der Waals surface area contributed by atoms with Crippen LogP contribution in [0.1, 0.15) is 10.7 Å². The molecule has 2 heterocycles. The van der Waals surface area contributed by atoms with E-state index in [4.69, 9.17) is 21.8 Å². The van der Waals surface area contributed by atoms with Crippen molar-refractivity contribution in [2.24, 2.45) is 5.73 Å². The Balaban J connectivity index is 2.15. The summed E-state index contributed by atoms with van der Waals surface area (Å²) in [7, 11) is 0. The number of nitrogens with two attached hydrogens (primary N) is 1. The van der Waals surface area contributed by atoms with Crippen molar-refractivity contribution in [3.8, 4) is 10.8 Å². The van der Waals surface area contributed by atoms with Crippen molar-refractivity contribution in [3.63, 3.8) is 0 Å². The molecule has 3 rings (SSSR count). The molecule has 0 bridgehead atoms. The molecule has 0 saturated carbocycles. The Bertz CT molecular complexity index is 719. The van der Waals surface area contributed by atoms with E-state index in [0.717, 1.165) is 26.7 Å². The van der Waals surface area contributed by atoms with Crippen LogP contribution < -0.4 is 5.73 Å². The number of aryl methyl sites for hydroxylation is 1. The van der Waals surface area contributed by atoms with Gasteiger partial charge in [0.05, 0.1) is 5.69 Å². The number of fused-ring (bicyclic) bond motifs is 1. The van der Waals surface area contributed by atoms with E-state index in [2.05, 4.69) is 9.97 Å². The highest BCUT2D eigenvalue weighted by molar-refractivity contribution is 7.15. The van der Waals surface area contributed by atoms with Gasteiger partial charge >= 0.3 is 0 Å². The summed E-state index contributed by atoms with van der Waals surface area (Å²) in [6, 6.07) is 5.38. The van der Waals surface area contributed by atoms with Crippen molar-refractivity contribution in [2.45, 2.75) is 13.5 Å². The highest BCUT2D eigenvalue weighted by Crippen LogP contribution is 2.32. The molecule has 0 aliphatic carbocycles. The summed E-state index contributed by atoms with van der Waals surface area (Å²) >= 11 is 7.43. The van der Waals surface area contributed by atoms with Crippen molar-refractivity contribution >= 4 is 34.0 Å². The van der Waals surface area contributed by atoms with Crippen LogP contribution in [0.2, 0.25) is 5.02 Å². The number of thiazole rings is 1. The molecule has 0 unspecified atom stereocenters. The molecule has 0 spiro atoms. The number of rotatable bonds is 2. The number of aromatic nitrogens is 2. The van der Waals surface area contributed by atoms with Crippen LogP contribution in [0, 0.1) is 6.92 Å². The van der Waals surface area contributed by atoms with E-state index in [1.807, 2.05) is 13.0 Å². The van der Waals surface area contributed by atoms with Crippen LogP contribution >= 0.6 is 22.9 Å². The molecule has 6 heteroatoms. The summed E-state index contributed by atoms with van der Waals surface area (Å²) in [5.74, 6) is 0.571. The fourth-order valence-corrected chi connectivity index (χ4v) is 2.77. The first kappa shape index (κ1) is 11.6. The SMILES string of the molecule is Cc1nc(CN)sc1-c1nc2cc(Cl)ccc2o1. The lowest BCUT2D eigenvalue weighted by atomic mass is 10.3. The van der Waals surface area contributed by atoms with Gasteiger partial charge in [-0.05, 0) is 25.1 Å². The normalized spacial score (nSPS) is 11.3. The van der Waals surface area contributed by atoms with Gasteiger partial charge in [-0.1, -0.05) is 11.6 Å². The molecule has 0 atom stereocenters. The van der Waals surface area contributed by atoms with Gasteiger partial charge in [0.2, 0.25) is 5.89 Å². The van der Waals surface area contributed by atoms with E-state index in [9.17, 15) is 0 Å². The molecular weight excluding hydrogens is 270 g/mol. The lowest BCUT2D eigenvalue weighted by molar-refractivity contribution is 0.621. The lowest BCUT2D eigenvalue weighted by Crippen LogP contribution is -1.94. The Labute approximate surface area is 112 Å². The zero-order valence-corrected chi connectivity index (χ0v) is 11.2. The standard InChI is InChI=1S/C12H10ClN3OS/c1-6-11(18-10(5-14)15-6)12-16-8-4-7(13)2-3-9(8)17-12/h2-4H,5,14H2,1H3. The van der Waals surface area contributed by atoms with E-state index < -0.39 is 0 Å². The van der Waals surface area contributed by atoms with E-state index in [1.165, 1.54) is 11.3 Å². The topological polar surface area (TPSA) is 64.9 Å². The second kappa shape index (κ2) is 4.35. The molecule has 2 N–H and O–H groups in total. The van der Waals surface area contributed by atoms with Crippen molar-refractivity contribution in [2.75, 3.05) is 0 Å². The van der Waals surface area contributed by atoms with Gasteiger partial charge in [0, 0.05) is 11.6 Å². The molecule has 0 aliphatic heterocycles. The van der Waals surface area contributed by atoms with Gasteiger partial charge in [0.15, 0.2) is 5.58 Å². The third-order valence-corrected chi connectivity index (χ3v) is 3.96. The lowest BCUT2D eigenvalue weighted by Gasteiger charge is -1.88. The number of benzene rings is 1. The van der Waals surface area contributed by atoms with Crippen LogP contribution in [0.3, 0.4) is 0 Å². The summed E-state index contributed by atoms with van der Waals surface area (Å²) in [4.78, 5) is 9.71. The maximum atomic E-state index is 5.92. The first-order valence-corrected chi connectivity index (χ1v) is 6.59. The monoisotopic (exact) mass is 279 g/mol. The highest BCUT2D eigenvalue weighted by atomic mass is 35.5. The van der Waals surface area contributed by atoms with Crippen LogP contribution in [0.25, 0.3) is 21.9 Å². The predicted octanol–water partition coefficient (Wildman–Crippen LogP) is 3.37. The third kappa shape index (κ3) is 1.90. The number of hydrogen-bond acceptors (Lipinski definition) is 5. The molecule has 0 aliphatic rings. The van der Waals surface area contributed by atoms with Crippen molar-refractivity contribution in [3.05, 3.63) is 33.9 Å². The van der Waals surface area contributed by atoms with Gasteiger partial charge in [0.1, 0.15) is 15.4 Å². The molecule has 18 heavy (non-hydrogen) atoms. The Hall–Kier alpha value is -1.43. The van der Waals surface area contributed by atoms with Crippen LogP contribution in [0.15, 0.2) is 22.6 Å². The minimum atomic E-state index is 0.428. The van der Waals surface area contributed by atoms with Crippen molar-refractivity contribution in [1.82, 2.24) is 9.97 Å². The molecule has 3 aromatic rings. The first-order chi connectivity index (χ1) is 8.67. The summed E-state index contributed by atoms with van der Waals surface area (Å²) in [6.45, 7) is 2.35. The molecule has 1 aromatic carbocycles. The number of nitrogens with zero attached hydrogens (tertiary/aromatic N) is 2. The highest BCUT2D eigenvalue weighted by Gasteiger charge is 2.15. The summed E-state index contributed by atoms with van der Waals surface area (Å²) in [5, 5.41) is 1.52. The van der Waals surface area contributed by atoms with Gasteiger partial charge in [0.25, 0.3) is 0 Å². The van der Waals surface area contributed by atoms with Gasteiger partial charge in [-0.25, -0.2) is 9.97 Å². The fraction of sp³-hybridized carbons (Fsp3) is 0.167. The number of oxazole rings is 1. The zero-order chi connectivity index (χ0) is 12.7. The Morgan fingerprint density at radius 1 is 1.39 bits per heavy atom. The first-order valence-electron chi connectivity index (χ1n) is 5.40. The maximum absolute atomic E-state index is 5.92. The average Bonchev–Trinajstić information content (AvgIpc) is 2.91. The minimum Gasteiger partial charge on any atom is -0.435 e. The molecule has 0 radical (unpaired) electrons. The smallest absolute Gasteiger partial charge is 0.239 e. The maximum Gasteiger partial charge on any atom is 0.239 e. The number of halogens is 1. The van der Waals surface area contributed by atoms with Gasteiger partial charge in [-0.15, -0.1) is 11.3 Å². The van der Waals surface area contributed by atoms with E-state index in [1.54, 1.807) is 12.1 Å². The zero-order valence-electron chi connectivity index (χ0n) is 9.61. The van der Waals surface area contributed by atoms with Crippen LogP contribution in [0.4, 0.5) is 0 Å². The van der Waals surface area contributed by atoms with Gasteiger partial charge in [-0.3, -0.25) is 0 Å². The Morgan fingerprint density at radius 2 is 2.22 bits per heavy atom. The minimum absolute atomic E-state index is 0.428. The van der Waals surface area contributed by atoms with Gasteiger partial charge in [-0.2, -0.15) is 0 Å². The fourth-order valence-electron chi connectivity index (χ4n) is 1.74. The molecule has 0 saturated heterocycles. The van der Waals surface area contributed by atoms with E-state index >= 15 is 0 Å². The van der Waals surface area contributed by atoms with Gasteiger partial charge < -0.3 is 10.2 Å².